The van der Waals surface area contributed by atoms with Gasteiger partial charge in [0.05, 0.1) is 0 Å². The topological polar surface area (TPSA) is 61.6 Å². The van der Waals surface area contributed by atoms with Crippen molar-refractivity contribution in [3.05, 3.63) is 0 Å². The van der Waals surface area contributed by atoms with Crippen LogP contribution in [0.4, 0.5) is 0 Å². The Morgan fingerprint density at radius 2 is 1.83 bits per heavy atom. The Balaban J connectivity index is 1.58. The molecular formula is C13H26N4O. The summed E-state index contributed by atoms with van der Waals surface area (Å²) < 4.78 is 0. The van der Waals surface area contributed by atoms with E-state index in [1.165, 1.54) is 0 Å². The largest absolute Gasteiger partial charge is 0.340 e. The fourth-order valence-electron chi connectivity index (χ4n) is 2.70. The molecule has 0 atom stereocenters. The van der Waals surface area contributed by atoms with Crippen molar-refractivity contribution in [2.75, 3.05) is 45.8 Å². The predicted molar refractivity (Wildman–Crippen MR) is 72.3 cm³/mol. The summed E-state index contributed by atoms with van der Waals surface area (Å²) in [7, 11) is 0. The van der Waals surface area contributed by atoms with E-state index in [1.54, 1.807) is 0 Å². The highest BCUT2D eigenvalue weighted by molar-refractivity contribution is 5.76. The summed E-state index contributed by atoms with van der Waals surface area (Å²) in [4.78, 5) is 16.4. The summed E-state index contributed by atoms with van der Waals surface area (Å²) in [5.41, 5.74) is 5.88. The van der Waals surface area contributed by atoms with Gasteiger partial charge in [0, 0.05) is 38.6 Å². The van der Waals surface area contributed by atoms with E-state index in [2.05, 4.69) is 10.2 Å². The third-order valence-electron chi connectivity index (χ3n) is 3.97. The number of hydrogen-bond donors (Lipinski definition) is 2. The molecule has 5 heteroatoms. The molecule has 2 aliphatic heterocycles. The molecule has 0 radical (unpaired) electrons. The molecule has 3 N–H and O–H groups in total. The molecule has 104 valence electrons. The van der Waals surface area contributed by atoms with E-state index in [1.807, 2.05) is 4.90 Å². The number of likely N-dealkylation sites (tertiary alicyclic amines) is 1. The maximum Gasteiger partial charge on any atom is 0.222 e. The zero-order valence-corrected chi connectivity index (χ0v) is 11.2. The van der Waals surface area contributed by atoms with Gasteiger partial charge in [0.15, 0.2) is 0 Å². The van der Waals surface area contributed by atoms with Crippen LogP contribution in [-0.2, 0) is 4.79 Å². The molecule has 1 amide bonds. The lowest BCUT2D eigenvalue weighted by atomic mass is 10.1. The molecule has 0 spiro atoms. The van der Waals surface area contributed by atoms with Crippen LogP contribution in [0.2, 0.25) is 0 Å². The van der Waals surface area contributed by atoms with Crippen molar-refractivity contribution in [3.8, 4) is 0 Å². The van der Waals surface area contributed by atoms with Gasteiger partial charge in [-0.25, -0.2) is 0 Å². The molecule has 0 unspecified atom stereocenters. The highest BCUT2D eigenvalue weighted by Gasteiger charge is 2.18. The van der Waals surface area contributed by atoms with Gasteiger partial charge in [0.2, 0.25) is 5.91 Å². The maximum atomic E-state index is 12.0. The summed E-state index contributed by atoms with van der Waals surface area (Å²) in [5.74, 6) is 0.324. The highest BCUT2D eigenvalue weighted by atomic mass is 16.2. The number of nitrogens with one attached hydrogen (secondary N) is 1. The number of piperazine rings is 1. The lowest BCUT2D eigenvalue weighted by molar-refractivity contribution is -0.131. The van der Waals surface area contributed by atoms with Crippen molar-refractivity contribution < 1.29 is 4.79 Å². The number of carbonyl (C=O) groups is 1. The van der Waals surface area contributed by atoms with E-state index < -0.39 is 0 Å². The van der Waals surface area contributed by atoms with E-state index in [0.717, 1.165) is 65.1 Å². The zero-order valence-electron chi connectivity index (χ0n) is 11.2. The third kappa shape index (κ3) is 4.23. The normalized spacial score (nSPS) is 23.3. The monoisotopic (exact) mass is 254 g/mol. The SMILES string of the molecule is NC1CCN(CCCC(=O)N2CCNCC2)CC1. The molecule has 5 nitrogen and oxygen atoms in total. The first-order valence-electron chi connectivity index (χ1n) is 7.22. The molecule has 2 heterocycles. The van der Waals surface area contributed by atoms with Crippen LogP contribution in [0.15, 0.2) is 0 Å². The Hall–Kier alpha value is -0.650. The summed E-state index contributed by atoms with van der Waals surface area (Å²) in [6.45, 7) is 6.87. The minimum absolute atomic E-state index is 0.324. The molecule has 0 aliphatic carbocycles. The van der Waals surface area contributed by atoms with Crippen molar-refractivity contribution in [1.82, 2.24) is 15.1 Å². The van der Waals surface area contributed by atoms with E-state index in [9.17, 15) is 4.79 Å². The fourth-order valence-corrected chi connectivity index (χ4v) is 2.70. The number of rotatable bonds is 4. The smallest absolute Gasteiger partial charge is 0.222 e. The Morgan fingerprint density at radius 1 is 1.17 bits per heavy atom. The molecule has 0 aromatic heterocycles. The first-order valence-corrected chi connectivity index (χ1v) is 7.22. The molecule has 0 saturated carbocycles. The van der Waals surface area contributed by atoms with Gasteiger partial charge in [-0.05, 0) is 38.9 Å². The van der Waals surface area contributed by atoms with Crippen LogP contribution < -0.4 is 11.1 Å². The lowest BCUT2D eigenvalue weighted by Gasteiger charge is -2.30. The number of nitrogens with zero attached hydrogens (tertiary/aromatic N) is 2. The first kappa shape index (κ1) is 13.8. The molecular weight excluding hydrogens is 228 g/mol. The Bertz CT molecular complexity index is 258. The van der Waals surface area contributed by atoms with Crippen LogP contribution in [0.5, 0.6) is 0 Å². The second kappa shape index (κ2) is 7.07. The van der Waals surface area contributed by atoms with Crippen LogP contribution in [0.3, 0.4) is 0 Å². The van der Waals surface area contributed by atoms with Crippen molar-refractivity contribution in [3.63, 3.8) is 0 Å². The molecule has 2 saturated heterocycles. The van der Waals surface area contributed by atoms with Crippen LogP contribution in [-0.4, -0.2) is 67.6 Å². The molecule has 0 aromatic rings. The van der Waals surface area contributed by atoms with Gasteiger partial charge < -0.3 is 20.9 Å². The molecule has 18 heavy (non-hydrogen) atoms. The minimum atomic E-state index is 0.324. The van der Waals surface area contributed by atoms with Crippen molar-refractivity contribution >= 4 is 5.91 Å². The minimum Gasteiger partial charge on any atom is -0.340 e. The van der Waals surface area contributed by atoms with Crippen LogP contribution in [0.1, 0.15) is 25.7 Å². The molecule has 0 bridgehead atoms. The van der Waals surface area contributed by atoms with Crippen LogP contribution >= 0.6 is 0 Å². The van der Waals surface area contributed by atoms with Crippen LogP contribution in [0, 0.1) is 0 Å². The first-order chi connectivity index (χ1) is 8.75. The molecule has 2 aliphatic rings. The summed E-state index contributed by atoms with van der Waals surface area (Å²) >= 11 is 0. The average molecular weight is 254 g/mol. The van der Waals surface area contributed by atoms with E-state index in [4.69, 9.17) is 5.73 Å². The average Bonchev–Trinajstić information content (AvgIpc) is 2.42. The van der Waals surface area contributed by atoms with Crippen molar-refractivity contribution in [1.29, 1.82) is 0 Å². The van der Waals surface area contributed by atoms with Gasteiger partial charge in [-0.15, -0.1) is 0 Å². The number of carbonyl (C=O) groups excluding carboxylic acids is 1. The molecule has 2 fully saturated rings. The van der Waals surface area contributed by atoms with Gasteiger partial charge in [0.1, 0.15) is 0 Å². The van der Waals surface area contributed by atoms with E-state index in [0.29, 0.717) is 18.4 Å². The van der Waals surface area contributed by atoms with Gasteiger partial charge in [0.25, 0.3) is 0 Å². The fraction of sp³-hybridized carbons (Fsp3) is 0.923. The standard InChI is InChI=1S/C13H26N4O/c14-12-3-8-16(9-4-12)7-1-2-13(18)17-10-5-15-6-11-17/h12,15H,1-11,14H2. The number of nitrogens with two attached hydrogens (primary N) is 1. The summed E-state index contributed by atoms with van der Waals surface area (Å²) in [6, 6.07) is 0.392. The highest BCUT2D eigenvalue weighted by Crippen LogP contribution is 2.09. The van der Waals surface area contributed by atoms with Crippen molar-refractivity contribution in [2.45, 2.75) is 31.7 Å². The molecule has 0 aromatic carbocycles. The quantitative estimate of drug-likeness (QED) is 0.718. The Morgan fingerprint density at radius 3 is 2.50 bits per heavy atom. The predicted octanol–water partition coefficient (Wildman–Crippen LogP) is -0.378. The maximum absolute atomic E-state index is 12.0. The Labute approximate surface area is 110 Å². The third-order valence-corrected chi connectivity index (χ3v) is 3.97. The van der Waals surface area contributed by atoms with Crippen LogP contribution in [0.25, 0.3) is 0 Å². The second-order valence-corrected chi connectivity index (χ2v) is 5.41. The van der Waals surface area contributed by atoms with E-state index >= 15 is 0 Å². The summed E-state index contributed by atoms with van der Waals surface area (Å²) in [6.07, 6.45) is 3.89. The number of amides is 1. The lowest BCUT2D eigenvalue weighted by Crippen LogP contribution is -2.46. The second-order valence-electron chi connectivity index (χ2n) is 5.41. The molecule has 2 rings (SSSR count). The van der Waals surface area contributed by atoms with Gasteiger partial charge >= 0.3 is 0 Å². The number of hydrogen-bond acceptors (Lipinski definition) is 4. The van der Waals surface area contributed by atoms with Crippen molar-refractivity contribution in [2.24, 2.45) is 5.73 Å². The zero-order chi connectivity index (χ0) is 12.8. The summed E-state index contributed by atoms with van der Waals surface area (Å²) in [5, 5.41) is 3.27. The Kier molecular flexibility index (Phi) is 5.41. The number of piperidine rings is 1. The van der Waals surface area contributed by atoms with Gasteiger partial charge in [-0.1, -0.05) is 0 Å². The van der Waals surface area contributed by atoms with Gasteiger partial charge in [-0.2, -0.15) is 0 Å². The van der Waals surface area contributed by atoms with E-state index in [-0.39, 0.29) is 0 Å². The van der Waals surface area contributed by atoms with Gasteiger partial charge in [-0.3, -0.25) is 4.79 Å².